The van der Waals surface area contributed by atoms with Crippen molar-refractivity contribution in [3.8, 4) is 5.75 Å². The summed E-state index contributed by atoms with van der Waals surface area (Å²) in [6.07, 6.45) is 0.731. The highest BCUT2D eigenvalue weighted by molar-refractivity contribution is 8.00. The maximum absolute atomic E-state index is 11.4. The number of carboxylic acid groups (broad SMARTS) is 1. The number of aliphatic carboxylic acids is 1. The Hall–Kier alpha value is -1.98. The topological polar surface area (TPSA) is 58.6 Å². The Morgan fingerprint density at radius 1 is 1.26 bits per heavy atom. The number of ether oxygens (including phenoxy) is 1. The zero-order valence-electron chi connectivity index (χ0n) is 12.9. The van der Waals surface area contributed by atoms with Gasteiger partial charge in [0.15, 0.2) is 0 Å². The highest BCUT2D eigenvalue weighted by Crippen LogP contribution is 2.42. The molecule has 5 heteroatoms. The van der Waals surface area contributed by atoms with Crippen molar-refractivity contribution in [2.75, 3.05) is 12.9 Å². The van der Waals surface area contributed by atoms with E-state index in [4.69, 9.17) is 4.74 Å². The van der Waals surface area contributed by atoms with Crippen LogP contribution in [0.5, 0.6) is 5.75 Å². The predicted molar refractivity (Wildman–Crippen MR) is 91.8 cm³/mol. The molecule has 0 bridgehead atoms. The molecule has 1 saturated heterocycles. The van der Waals surface area contributed by atoms with E-state index in [0.29, 0.717) is 5.75 Å². The van der Waals surface area contributed by atoms with Gasteiger partial charge < -0.3 is 9.84 Å². The smallest absolute Gasteiger partial charge is 0.321 e. The molecule has 0 spiro atoms. The lowest BCUT2D eigenvalue weighted by Gasteiger charge is -2.30. The molecule has 1 aliphatic heterocycles. The normalized spacial score (nSPS) is 23.6. The van der Waals surface area contributed by atoms with E-state index in [1.54, 1.807) is 18.9 Å². The highest BCUT2D eigenvalue weighted by atomic mass is 32.2. The van der Waals surface area contributed by atoms with Crippen LogP contribution in [0.15, 0.2) is 54.6 Å². The van der Waals surface area contributed by atoms with Crippen LogP contribution < -0.4 is 10.1 Å². The molecule has 120 valence electrons. The molecule has 1 aliphatic rings. The van der Waals surface area contributed by atoms with E-state index in [0.717, 1.165) is 17.7 Å². The largest absolute Gasteiger partial charge is 0.497 e. The lowest BCUT2D eigenvalue weighted by Crippen LogP contribution is -2.44. The minimum Gasteiger partial charge on any atom is -0.497 e. The lowest BCUT2D eigenvalue weighted by molar-refractivity contribution is -0.138. The third-order valence-corrected chi connectivity index (χ3v) is 5.54. The molecule has 0 saturated carbocycles. The second-order valence-electron chi connectivity index (χ2n) is 5.56. The maximum Gasteiger partial charge on any atom is 0.321 e. The number of carboxylic acids is 1. The van der Waals surface area contributed by atoms with Gasteiger partial charge in [-0.25, -0.2) is 0 Å². The number of nitrogens with one attached hydrogen (secondary N) is 1. The number of rotatable bonds is 5. The lowest BCUT2D eigenvalue weighted by atomic mass is 9.97. The zero-order valence-corrected chi connectivity index (χ0v) is 13.7. The van der Waals surface area contributed by atoms with Crippen LogP contribution in [-0.4, -0.2) is 30.0 Å². The minimum atomic E-state index is -0.805. The Morgan fingerprint density at radius 3 is 2.52 bits per heavy atom. The molecule has 1 heterocycles. The standard InChI is InChI=1S/C18H19NO3S/c1-22-15-9-7-14(8-10-15)18(11-13-5-3-2-4-6-13)19-16(12-23-18)17(20)21/h2-10,16,19H,11-12H2,1H3,(H,20,21)/t16-,18?/m0/s1. The van der Waals surface area contributed by atoms with Crippen LogP contribution >= 0.6 is 11.8 Å². The molecule has 0 aliphatic carbocycles. The van der Waals surface area contributed by atoms with Crippen molar-refractivity contribution in [1.29, 1.82) is 0 Å². The summed E-state index contributed by atoms with van der Waals surface area (Å²) in [4.78, 5) is 10.9. The molecule has 1 fully saturated rings. The van der Waals surface area contributed by atoms with Crippen molar-refractivity contribution in [3.63, 3.8) is 0 Å². The van der Waals surface area contributed by atoms with E-state index in [9.17, 15) is 9.90 Å². The third kappa shape index (κ3) is 3.35. The molecule has 0 aromatic heterocycles. The van der Waals surface area contributed by atoms with Crippen molar-refractivity contribution in [3.05, 3.63) is 65.7 Å². The van der Waals surface area contributed by atoms with Gasteiger partial charge in [-0.2, -0.15) is 0 Å². The predicted octanol–water partition coefficient (Wildman–Crippen LogP) is 2.88. The molecular weight excluding hydrogens is 310 g/mol. The summed E-state index contributed by atoms with van der Waals surface area (Å²) in [5, 5.41) is 12.7. The van der Waals surface area contributed by atoms with Crippen LogP contribution in [0.1, 0.15) is 11.1 Å². The maximum atomic E-state index is 11.4. The van der Waals surface area contributed by atoms with E-state index in [2.05, 4.69) is 17.4 Å². The Morgan fingerprint density at radius 2 is 1.96 bits per heavy atom. The first-order chi connectivity index (χ1) is 11.1. The fraction of sp³-hybridized carbons (Fsp3) is 0.278. The van der Waals surface area contributed by atoms with E-state index in [1.165, 1.54) is 5.56 Å². The molecule has 1 unspecified atom stereocenters. The molecular formula is C18H19NO3S. The van der Waals surface area contributed by atoms with E-state index >= 15 is 0 Å². The monoisotopic (exact) mass is 329 g/mol. The summed E-state index contributed by atoms with van der Waals surface area (Å²) in [5.41, 5.74) is 2.24. The average molecular weight is 329 g/mol. The number of hydrogen-bond donors (Lipinski definition) is 2. The third-order valence-electron chi connectivity index (χ3n) is 4.05. The fourth-order valence-corrected chi connectivity index (χ4v) is 4.31. The zero-order chi connectivity index (χ0) is 16.3. The molecule has 2 aromatic rings. The number of carbonyl (C=O) groups is 1. The molecule has 2 aromatic carbocycles. The van der Waals surface area contributed by atoms with Gasteiger partial charge in [0.05, 0.1) is 12.0 Å². The van der Waals surface area contributed by atoms with Crippen molar-refractivity contribution < 1.29 is 14.6 Å². The minimum absolute atomic E-state index is 0.434. The second kappa shape index (κ2) is 6.64. The summed E-state index contributed by atoms with van der Waals surface area (Å²) in [7, 11) is 1.64. The van der Waals surface area contributed by atoms with Crippen LogP contribution in [0.25, 0.3) is 0 Å². The Labute approximate surface area is 139 Å². The van der Waals surface area contributed by atoms with Gasteiger partial charge in [-0.05, 0) is 23.3 Å². The van der Waals surface area contributed by atoms with E-state index in [-0.39, 0.29) is 0 Å². The van der Waals surface area contributed by atoms with Gasteiger partial charge in [0.25, 0.3) is 0 Å². The second-order valence-corrected chi connectivity index (χ2v) is 6.88. The Balaban J connectivity index is 1.94. The Bertz CT molecular complexity index is 674. The summed E-state index contributed by atoms with van der Waals surface area (Å²) in [6, 6.07) is 17.4. The molecule has 23 heavy (non-hydrogen) atoms. The van der Waals surface area contributed by atoms with Gasteiger partial charge in [0, 0.05) is 12.2 Å². The number of hydrogen-bond acceptors (Lipinski definition) is 4. The van der Waals surface area contributed by atoms with Crippen molar-refractivity contribution in [2.45, 2.75) is 17.3 Å². The van der Waals surface area contributed by atoms with Crippen LogP contribution in [-0.2, 0) is 16.1 Å². The van der Waals surface area contributed by atoms with E-state index < -0.39 is 16.9 Å². The molecule has 0 amide bonds. The fourth-order valence-electron chi connectivity index (χ4n) is 2.84. The molecule has 3 rings (SSSR count). The van der Waals surface area contributed by atoms with Gasteiger partial charge >= 0.3 is 5.97 Å². The average Bonchev–Trinajstić information content (AvgIpc) is 3.01. The molecule has 0 radical (unpaired) electrons. The van der Waals surface area contributed by atoms with Crippen LogP contribution in [0.4, 0.5) is 0 Å². The van der Waals surface area contributed by atoms with Crippen LogP contribution in [0.2, 0.25) is 0 Å². The first kappa shape index (κ1) is 15.9. The summed E-state index contributed by atoms with van der Waals surface area (Å²) in [6.45, 7) is 0. The van der Waals surface area contributed by atoms with Crippen molar-refractivity contribution >= 4 is 17.7 Å². The first-order valence-corrected chi connectivity index (χ1v) is 8.44. The van der Waals surface area contributed by atoms with Gasteiger partial charge in [-0.1, -0.05) is 42.5 Å². The van der Waals surface area contributed by atoms with E-state index in [1.807, 2.05) is 42.5 Å². The summed E-state index contributed by atoms with van der Waals surface area (Å²) in [5.74, 6) is 0.538. The number of thioether (sulfide) groups is 1. The first-order valence-electron chi connectivity index (χ1n) is 7.46. The highest BCUT2D eigenvalue weighted by Gasteiger charge is 2.43. The quantitative estimate of drug-likeness (QED) is 0.883. The van der Waals surface area contributed by atoms with Gasteiger partial charge in [-0.15, -0.1) is 11.8 Å². The summed E-state index contributed by atoms with van der Waals surface area (Å²) >= 11 is 1.65. The molecule has 2 N–H and O–H groups in total. The van der Waals surface area contributed by atoms with Crippen molar-refractivity contribution in [1.82, 2.24) is 5.32 Å². The van der Waals surface area contributed by atoms with Gasteiger partial charge in [-0.3, -0.25) is 10.1 Å². The molecule has 2 atom stereocenters. The number of methoxy groups -OCH3 is 1. The van der Waals surface area contributed by atoms with Crippen LogP contribution in [0, 0.1) is 0 Å². The Kier molecular flexibility index (Phi) is 4.59. The van der Waals surface area contributed by atoms with Gasteiger partial charge in [0.2, 0.25) is 0 Å². The summed E-state index contributed by atoms with van der Waals surface area (Å²) < 4.78 is 5.22. The SMILES string of the molecule is COc1ccc(C2(Cc3ccccc3)N[C@H](C(=O)O)CS2)cc1. The number of benzene rings is 2. The van der Waals surface area contributed by atoms with Gasteiger partial charge in [0.1, 0.15) is 11.8 Å². The molecule has 4 nitrogen and oxygen atoms in total. The van der Waals surface area contributed by atoms with Crippen LogP contribution in [0.3, 0.4) is 0 Å². The van der Waals surface area contributed by atoms with Crippen molar-refractivity contribution in [2.24, 2.45) is 0 Å².